The number of benzene rings is 1. The Morgan fingerprint density at radius 2 is 2.12 bits per heavy atom. The van der Waals surface area contributed by atoms with Crippen LogP contribution in [0.4, 0.5) is 0 Å². The van der Waals surface area contributed by atoms with Crippen LogP contribution in [0.15, 0.2) is 22.7 Å². The summed E-state index contributed by atoms with van der Waals surface area (Å²) in [5, 5.41) is 14.9. The Labute approximate surface area is 152 Å². The lowest BCUT2D eigenvalue weighted by Gasteiger charge is -2.38. The minimum absolute atomic E-state index is 0.386. The van der Waals surface area contributed by atoms with Gasteiger partial charge in [0.2, 0.25) is 5.89 Å². The molecule has 2 aliphatic rings. The summed E-state index contributed by atoms with van der Waals surface area (Å²) in [6.45, 7) is 5.37. The smallest absolute Gasteiger partial charge is 0.229 e. The van der Waals surface area contributed by atoms with Crippen molar-refractivity contribution in [2.75, 3.05) is 26.3 Å². The van der Waals surface area contributed by atoms with Crippen LogP contribution < -0.4 is 9.47 Å². The van der Waals surface area contributed by atoms with Crippen molar-refractivity contribution in [1.82, 2.24) is 15.0 Å². The molecular formula is C19H25N3O4. The van der Waals surface area contributed by atoms with Gasteiger partial charge in [0.15, 0.2) is 17.3 Å². The van der Waals surface area contributed by atoms with E-state index >= 15 is 0 Å². The van der Waals surface area contributed by atoms with E-state index in [1.54, 1.807) is 6.92 Å². The van der Waals surface area contributed by atoms with Gasteiger partial charge in [0.05, 0.1) is 25.2 Å². The van der Waals surface area contributed by atoms with Crippen LogP contribution in [0.1, 0.15) is 36.5 Å². The zero-order valence-electron chi connectivity index (χ0n) is 15.1. The highest BCUT2D eigenvalue weighted by molar-refractivity contribution is 5.47. The molecule has 0 radical (unpaired) electrons. The Morgan fingerprint density at radius 3 is 2.96 bits per heavy atom. The SMILES string of the molecule is Cc1noc(CC2(O)CCCN(Cc3cccc4c3OCCCO4)C2)n1. The molecule has 2 aliphatic heterocycles. The largest absolute Gasteiger partial charge is 0.490 e. The molecular weight excluding hydrogens is 334 g/mol. The number of aliphatic hydroxyl groups is 1. The Bertz CT molecular complexity index is 763. The Balaban J connectivity index is 1.47. The van der Waals surface area contributed by atoms with Crippen molar-refractivity contribution in [2.24, 2.45) is 0 Å². The molecule has 0 bridgehead atoms. The van der Waals surface area contributed by atoms with Crippen molar-refractivity contribution < 1.29 is 19.1 Å². The standard InChI is InChI=1S/C19H25N3O4/c1-14-20-17(26-21-14)11-19(23)7-3-8-22(13-19)12-15-5-2-6-16-18(15)25-10-4-9-24-16/h2,5-6,23H,3-4,7-13H2,1H3. The molecule has 7 heteroatoms. The first-order valence-corrected chi connectivity index (χ1v) is 9.23. The molecule has 1 N–H and O–H groups in total. The molecule has 4 rings (SSSR count). The van der Waals surface area contributed by atoms with Gasteiger partial charge in [-0.15, -0.1) is 0 Å². The summed E-state index contributed by atoms with van der Waals surface area (Å²) in [7, 11) is 0. The van der Waals surface area contributed by atoms with Crippen LogP contribution >= 0.6 is 0 Å². The van der Waals surface area contributed by atoms with E-state index in [-0.39, 0.29) is 0 Å². The predicted molar refractivity (Wildman–Crippen MR) is 94.2 cm³/mol. The Morgan fingerprint density at radius 1 is 1.23 bits per heavy atom. The lowest BCUT2D eigenvalue weighted by atomic mass is 9.89. The topological polar surface area (TPSA) is 80.9 Å². The third-order valence-electron chi connectivity index (χ3n) is 4.93. The van der Waals surface area contributed by atoms with Crippen molar-refractivity contribution in [3.05, 3.63) is 35.5 Å². The molecule has 1 fully saturated rings. The van der Waals surface area contributed by atoms with Gasteiger partial charge in [-0.2, -0.15) is 4.98 Å². The van der Waals surface area contributed by atoms with E-state index in [1.807, 2.05) is 12.1 Å². The third-order valence-corrected chi connectivity index (χ3v) is 4.93. The summed E-state index contributed by atoms with van der Waals surface area (Å²) in [6.07, 6.45) is 2.94. The summed E-state index contributed by atoms with van der Waals surface area (Å²) in [5.74, 6) is 2.75. The number of rotatable bonds is 4. The molecule has 1 unspecified atom stereocenters. The highest BCUT2D eigenvalue weighted by Crippen LogP contribution is 2.35. The van der Waals surface area contributed by atoms with Gasteiger partial charge in [-0.3, -0.25) is 4.90 Å². The minimum Gasteiger partial charge on any atom is -0.490 e. The number of ether oxygens (including phenoxy) is 2. The molecule has 1 atom stereocenters. The molecule has 26 heavy (non-hydrogen) atoms. The summed E-state index contributed by atoms with van der Waals surface area (Å²) in [4.78, 5) is 6.49. The number of aromatic nitrogens is 2. The first-order chi connectivity index (χ1) is 12.6. The maximum atomic E-state index is 11.0. The molecule has 0 aliphatic carbocycles. The highest BCUT2D eigenvalue weighted by atomic mass is 16.5. The summed E-state index contributed by atoms with van der Waals surface area (Å²) in [5.41, 5.74) is 0.252. The monoisotopic (exact) mass is 359 g/mol. The fraction of sp³-hybridized carbons (Fsp3) is 0.579. The van der Waals surface area contributed by atoms with E-state index in [9.17, 15) is 5.11 Å². The van der Waals surface area contributed by atoms with E-state index in [4.69, 9.17) is 14.0 Å². The second-order valence-corrected chi connectivity index (χ2v) is 7.25. The predicted octanol–water partition coefficient (Wildman–Crippen LogP) is 2.11. The fourth-order valence-corrected chi connectivity index (χ4v) is 3.80. The maximum Gasteiger partial charge on any atom is 0.229 e. The van der Waals surface area contributed by atoms with Crippen LogP contribution in [-0.2, 0) is 13.0 Å². The molecule has 140 valence electrons. The number of nitrogens with zero attached hydrogens (tertiary/aromatic N) is 3. The molecule has 3 heterocycles. The maximum absolute atomic E-state index is 11.0. The number of β-amino-alcohol motifs (C(OH)–C–C–N with tert-alkyl or cyclic N) is 1. The Kier molecular flexibility index (Phi) is 4.82. The lowest BCUT2D eigenvalue weighted by molar-refractivity contribution is -0.0375. The first-order valence-electron chi connectivity index (χ1n) is 9.23. The number of aryl methyl sites for hydroxylation is 1. The molecule has 1 saturated heterocycles. The van der Waals surface area contributed by atoms with Crippen molar-refractivity contribution >= 4 is 0 Å². The van der Waals surface area contributed by atoms with Crippen LogP contribution in [0.25, 0.3) is 0 Å². The number of likely N-dealkylation sites (tertiary alicyclic amines) is 1. The quantitative estimate of drug-likeness (QED) is 0.895. The van der Waals surface area contributed by atoms with Crippen LogP contribution in [0.5, 0.6) is 11.5 Å². The van der Waals surface area contributed by atoms with Gasteiger partial charge in [-0.1, -0.05) is 17.3 Å². The number of piperidine rings is 1. The molecule has 7 nitrogen and oxygen atoms in total. The lowest BCUT2D eigenvalue weighted by Crippen LogP contribution is -2.49. The van der Waals surface area contributed by atoms with Crippen LogP contribution in [0.2, 0.25) is 0 Å². The average molecular weight is 359 g/mol. The van der Waals surface area contributed by atoms with Gasteiger partial charge in [-0.25, -0.2) is 0 Å². The molecule has 2 aromatic rings. The molecule has 0 amide bonds. The number of hydrogen-bond donors (Lipinski definition) is 1. The summed E-state index contributed by atoms with van der Waals surface area (Å²) in [6, 6.07) is 6.03. The average Bonchev–Trinajstić information content (AvgIpc) is 2.86. The molecule has 1 aromatic carbocycles. The van der Waals surface area contributed by atoms with Crippen molar-refractivity contribution in [1.29, 1.82) is 0 Å². The highest BCUT2D eigenvalue weighted by Gasteiger charge is 2.35. The molecule has 0 saturated carbocycles. The zero-order valence-corrected chi connectivity index (χ0v) is 15.1. The van der Waals surface area contributed by atoms with Gasteiger partial charge in [-0.05, 0) is 32.4 Å². The van der Waals surface area contributed by atoms with Gasteiger partial charge in [0, 0.05) is 25.1 Å². The van der Waals surface area contributed by atoms with Crippen LogP contribution in [-0.4, -0.2) is 52.1 Å². The second kappa shape index (κ2) is 7.25. The number of fused-ring (bicyclic) bond motifs is 1. The number of para-hydroxylation sites is 1. The van der Waals surface area contributed by atoms with E-state index in [2.05, 4.69) is 21.1 Å². The normalized spacial score (nSPS) is 23.6. The van der Waals surface area contributed by atoms with Gasteiger partial charge in [0.1, 0.15) is 0 Å². The zero-order chi connectivity index (χ0) is 18.0. The van der Waals surface area contributed by atoms with E-state index in [0.29, 0.717) is 37.9 Å². The van der Waals surface area contributed by atoms with Gasteiger partial charge < -0.3 is 19.1 Å². The first kappa shape index (κ1) is 17.3. The Hall–Kier alpha value is -2.12. The van der Waals surface area contributed by atoms with Gasteiger partial charge >= 0.3 is 0 Å². The van der Waals surface area contributed by atoms with E-state index in [0.717, 1.165) is 49.4 Å². The third kappa shape index (κ3) is 3.83. The van der Waals surface area contributed by atoms with Crippen molar-refractivity contribution in [3.63, 3.8) is 0 Å². The van der Waals surface area contributed by atoms with E-state index < -0.39 is 5.60 Å². The second-order valence-electron chi connectivity index (χ2n) is 7.25. The summed E-state index contributed by atoms with van der Waals surface area (Å²) < 4.78 is 16.9. The number of hydrogen-bond acceptors (Lipinski definition) is 7. The minimum atomic E-state index is -0.847. The van der Waals surface area contributed by atoms with Crippen molar-refractivity contribution in [3.8, 4) is 11.5 Å². The molecule has 1 aromatic heterocycles. The fourth-order valence-electron chi connectivity index (χ4n) is 3.80. The van der Waals surface area contributed by atoms with Crippen LogP contribution in [0, 0.1) is 6.92 Å². The van der Waals surface area contributed by atoms with Crippen LogP contribution in [0.3, 0.4) is 0 Å². The summed E-state index contributed by atoms with van der Waals surface area (Å²) >= 11 is 0. The van der Waals surface area contributed by atoms with E-state index in [1.165, 1.54) is 0 Å². The van der Waals surface area contributed by atoms with Crippen molar-refractivity contribution in [2.45, 2.75) is 44.8 Å². The molecule has 0 spiro atoms. The van der Waals surface area contributed by atoms with Gasteiger partial charge in [0.25, 0.3) is 0 Å².